The molecule has 0 amide bonds. The minimum atomic E-state index is -2.90. The van der Waals surface area contributed by atoms with Crippen LogP contribution in [0.25, 0.3) is 42.6 Å². The van der Waals surface area contributed by atoms with Gasteiger partial charge in [0.05, 0.1) is 22.4 Å². The van der Waals surface area contributed by atoms with Gasteiger partial charge in [-0.1, -0.05) is 121 Å². The molecule has 10 aromatic rings. The van der Waals surface area contributed by atoms with Crippen molar-refractivity contribution in [3.8, 4) is 22.9 Å². The Morgan fingerprint density at radius 2 is 1.30 bits per heavy atom. The van der Waals surface area contributed by atoms with E-state index in [0.717, 1.165) is 45.4 Å². The minimum absolute atomic E-state index is 0.742. The van der Waals surface area contributed by atoms with Gasteiger partial charge in [0.2, 0.25) is 0 Å². The lowest BCUT2D eigenvalue weighted by Crippen LogP contribution is -2.77. The summed E-state index contributed by atoms with van der Waals surface area (Å²) in [5.74, 6) is 3.33. The topological polar surface area (TPSA) is 43.2 Å². The van der Waals surface area contributed by atoms with Crippen molar-refractivity contribution in [3.63, 3.8) is 0 Å². The molecule has 0 saturated carbocycles. The first-order valence-corrected chi connectivity index (χ1v) is 21.6. The maximum Gasteiger partial charge on any atom is 0.186 e. The molecule has 0 unspecified atom stereocenters. The van der Waals surface area contributed by atoms with Gasteiger partial charge in [-0.15, -0.1) is 11.3 Å². The third-order valence-corrected chi connectivity index (χ3v) is 17.1. The molecule has 3 aromatic heterocycles. The van der Waals surface area contributed by atoms with E-state index in [1.54, 1.807) is 0 Å². The number of imidazole rings is 1. The smallest absolute Gasteiger partial charge is 0.186 e. The maximum absolute atomic E-state index is 6.71. The van der Waals surface area contributed by atoms with Crippen molar-refractivity contribution in [2.24, 2.45) is 7.05 Å². The Bertz CT molecular complexity index is 3060. The fourth-order valence-corrected chi connectivity index (χ4v) is 14.9. The molecule has 5 nitrogen and oxygen atoms in total. The van der Waals surface area contributed by atoms with Gasteiger partial charge in [0, 0.05) is 45.0 Å². The van der Waals surface area contributed by atoms with Crippen LogP contribution in [0.5, 0.6) is 11.5 Å². The third kappa shape index (κ3) is 4.91. The van der Waals surface area contributed by atoms with Crippen molar-refractivity contribution in [2.45, 2.75) is 0 Å². The predicted octanol–water partition coefficient (Wildman–Crippen LogP) is 9.96. The van der Waals surface area contributed by atoms with E-state index in [1.165, 1.54) is 46.6 Å². The highest BCUT2D eigenvalue weighted by Gasteiger charge is 2.50. The van der Waals surface area contributed by atoms with Crippen LogP contribution in [-0.4, -0.2) is 22.6 Å². The SMILES string of the molecule is Cn1c(-c2cccc(Oc3cccc(N4c5ncccc5[Si](c5ccccc5)(c5ccccc5)c5ccc6sc7ccccc7c6c54)c3)c2)nc2ccccc21. The number of anilines is 3. The molecular weight excluding hydrogens is 721 g/mol. The molecule has 1 aliphatic heterocycles. The van der Waals surface area contributed by atoms with E-state index >= 15 is 0 Å². The lowest BCUT2D eigenvalue weighted by molar-refractivity contribution is 0.483. The molecule has 0 fully saturated rings. The summed E-state index contributed by atoms with van der Waals surface area (Å²) < 4.78 is 11.4. The van der Waals surface area contributed by atoms with Crippen LogP contribution < -0.4 is 30.4 Å². The van der Waals surface area contributed by atoms with Crippen LogP contribution in [0.3, 0.4) is 0 Å². The van der Waals surface area contributed by atoms with Crippen LogP contribution in [0.1, 0.15) is 0 Å². The average molecular weight is 755 g/mol. The van der Waals surface area contributed by atoms with E-state index in [2.05, 4.69) is 168 Å². The maximum atomic E-state index is 6.71. The van der Waals surface area contributed by atoms with Gasteiger partial charge in [-0.3, -0.25) is 4.90 Å². The summed E-state index contributed by atoms with van der Waals surface area (Å²) in [6.45, 7) is 0. The Labute approximate surface area is 329 Å². The molecule has 0 spiro atoms. The number of thiophene rings is 1. The molecular formula is C49H34N4OSSi. The highest BCUT2D eigenvalue weighted by molar-refractivity contribution is 7.26. The Balaban J connectivity index is 1.12. The number of rotatable bonds is 6. The zero-order valence-corrected chi connectivity index (χ0v) is 32.3. The highest BCUT2D eigenvalue weighted by atomic mass is 32.1. The Hall–Kier alpha value is -6.80. The molecule has 0 radical (unpaired) electrons. The van der Waals surface area contributed by atoms with Crippen molar-refractivity contribution < 1.29 is 4.74 Å². The van der Waals surface area contributed by atoms with Crippen molar-refractivity contribution in [2.75, 3.05) is 4.90 Å². The molecule has 0 bridgehead atoms. The zero-order valence-electron chi connectivity index (χ0n) is 30.5. The van der Waals surface area contributed by atoms with Crippen LogP contribution in [0.2, 0.25) is 0 Å². The number of benzene rings is 7. The van der Waals surface area contributed by atoms with E-state index in [1.807, 2.05) is 47.9 Å². The highest BCUT2D eigenvalue weighted by Crippen LogP contribution is 2.46. The van der Waals surface area contributed by atoms with E-state index in [0.29, 0.717) is 0 Å². The summed E-state index contributed by atoms with van der Waals surface area (Å²) in [5, 5.41) is 7.77. The molecule has 4 heterocycles. The van der Waals surface area contributed by atoms with Crippen molar-refractivity contribution in [1.82, 2.24) is 14.5 Å². The van der Waals surface area contributed by atoms with Gasteiger partial charge in [-0.05, 0) is 75.3 Å². The molecule has 0 N–H and O–H groups in total. The van der Waals surface area contributed by atoms with Crippen LogP contribution in [0.4, 0.5) is 17.2 Å². The van der Waals surface area contributed by atoms with Crippen LogP contribution >= 0.6 is 11.3 Å². The van der Waals surface area contributed by atoms with Crippen molar-refractivity contribution in [3.05, 3.63) is 188 Å². The van der Waals surface area contributed by atoms with Gasteiger partial charge in [0.25, 0.3) is 0 Å². The van der Waals surface area contributed by atoms with Gasteiger partial charge in [-0.2, -0.15) is 0 Å². The van der Waals surface area contributed by atoms with Crippen LogP contribution in [-0.2, 0) is 7.05 Å². The van der Waals surface area contributed by atoms with Gasteiger partial charge in [-0.25, -0.2) is 9.97 Å². The molecule has 266 valence electrons. The fourth-order valence-electron chi connectivity index (χ4n) is 8.79. The lowest BCUT2D eigenvalue weighted by atomic mass is 10.1. The summed E-state index contributed by atoms with van der Waals surface area (Å²) in [6, 6.07) is 65.1. The standard InChI is InChI=1S/C49H34N4OSSi/c1-52-41-25-10-9-24-40(41)51-48(52)33-15-12-17-35(31-33)54-36-18-13-16-34(32-36)53-47-44(29-28-43-46(47)39-23-8-11-26-42(39)55-43)56(37-19-4-2-5-20-37,38-21-6-3-7-22-38)45-27-14-30-50-49(45)53/h2-32H,1H3. The number of pyridine rings is 1. The second-order valence-electron chi connectivity index (χ2n) is 14.2. The summed E-state index contributed by atoms with van der Waals surface area (Å²) in [5.41, 5.74) is 5.23. The molecule has 1 aliphatic rings. The number of hydrogen-bond acceptors (Lipinski definition) is 5. The van der Waals surface area contributed by atoms with Crippen molar-refractivity contribution in [1.29, 1.82) is 0 Å². The largest absolute Gasteiger partial charge is 0.457 e. The first-order valence-electron chi connectivity index (χ1n) is 18.8. The molecule has 56 heavy (non-hydrogen) atoms. The molecule has 0 atom stereocenters. The van der Waals surface area contributed by atoms with Crippen molar-refractivity contribution >= 4 is 88.6 Å². The summed E-state index contributed by atoms with van der Waals surface area (Å²) in [7, 11) is -0.838. The van der Waals surface area contributed by atoms with Gasteiger partial charge in [0.15, 0.2) is 8.07 Å². The molecule has 0 aliphatic carbocycles. The first-order chi connectivity index (χ1) is 27.7. The number of aromatic nitrogens is 3. The van der Waals surface area contributed by atoms with Gasteiger partial charge in [0.1, 0.15) is 23.1 Å². The Kier molecular flexibility index (Phi) is 7.52. The normalized spacial score (nSPS) is 13.2. The molecule has 7 aromatic carbocycles. The second kappa shape index (κ2) is 12.9. The Morgan fingerprint density at radius 1 is 0.589 bits per heavy atom. The van der Waals surface area contributed by atoms with E-state index in [-0.39, 0.29) is 0 Å². The minimum Gasteiger partial charge on any atom is -0.457 e. The predicted molar refractivity (Wildman–Crippen MR) is 235 cm³/mol. The zero-order chi connectivity index (χ0) is 37.2. The molecule has 0 saturated heterocycles. The molecule has 11 rings (SSSR count). The van der Waals surface area contributed by atoms with E-state index in [4.69, 9.17) is 14.7 Å². The number of hydrogen-bond donors (Lipinski definition) is 0. The first kappa shape index (κ1) is 32.6. The number of ether oxygens (including phenoxy) is 1. The summed E-state index contributed by atoms with van der Waals surface area (Å²) in [6.07, 6.45) is 1.94. The second-order valence-corrected chi connectivity index (χ2v) is 19.1. The molecule has 7 heteroatoms. The monoisotopic (exact) mass is 754 g/mol. The van der Waals surface area contributed by atoms with Crippen LogP contribution in [0, 0.1) is 0 Å². The summed E-state index contributed by atoms with van der Waals surface area (Å²) in [4.78, 5) is 12.6. The fraction of sp³-hybridized carbons (Fsp3) is 0.0204. The number of para-hydroxylation sites is 2. The van der Waals surface area contributed by atoms with E-state index in [9.17, 15) is 0 Å². The van der Waals surface area contributed by atoms with E-state index < -0.39 is 8.07 Å². The quantitative estimate of drug-likeness (QED) is 0.159. The van der Waals surface area contributed by atoms with Crippen LogP contribution in [0.15, 0.2) is 188 Å². The van der Waals surface area contributed by atoms with Gasteiger partial charge >= 0.3 is 0 Å². The number of aryl methyl sites for hydroxylation is 1. The number of fused-ring (bicyclic) bond motifs is 7. The third-order valence-electron chi connectivity index (χ3n) is 11.2. The Morgan fingerprint density at radius 3 is 2.11 bits per heavy atom. The average Bonchev–Trinajstić information content (AvgIpc) is 3.81. The summed E-state index contributed by atoms with van der Waals surface area (Å²) >= 11 is 1.85. The number of nitrogens with zero attached hydrogens (tertiary/aromatic N) is 4. The van der Waals surface area contributed by atoms with Gasteiger partial charge < -0.3 is 9.30 Å². The lowest BCUT2D eigenvalue weighted by Gasteiger charge is -2.44.